The Morgan fingerprint density at radius 2 is 1.78 bits per heavy atom. The standard InChI is InChI=1S/C29H33N3O4/c1-2-3-4-5-6-9-14-31-17-26(33)32-23(29(31)34)16-21-20-10-7-8-11-22(20)30-27(21)28(32)19-12-13-24-25(15-19)36-18-35-24/h7-8,10-13,15,23,28,30H,2-6,9,14,16-18H2,1H3. The van der Waals surface area contributed by atoms with E-state index >= 15 is 0 Å². The van der Waals surface area contributed by atoms with Crippen molar-refractivity contribution < 1.29 is 19.1 Å². The Morgan fingerprint density at radius 1 is 0.972 bits per heavy atom. The molecule has 1 aromatic heterocycles. The number of aromatic nitrogens is 1. The largest absolute Gasteiger partial charge is 0.454 e. The third kappa shape index (κ3) is 3.91. The van der Waals surface area contributed by atoms with Gasteiger partial charge in [0.25, 0.3) is 0 Å². The minimum atomic E-state index is -0.506. The number of ether oxygens (including phenoxy) is 2. The van der Waals surface area contributed by atoms with E-state index in [4.69, 9.17) is 9.47 Å². The molecule has 7 nitrogen and oxygen atoms in total. The second-order valence-corrected chi connectivity index (χ2v) is 10.1. The molecule has 2 atom stereocenters. The Labute approximate surface area is 211 Å². The third-order valence-electron chi connectivity index (χ3n) is 7.84. The molecule has 2 amide bonds. The van der Waals surface area contributed by atoms with Crippen LogP contribution in [0.3, 0.4) is 0 Å². The summed E-state index contributed by atoms with van der Waals surface area (Å²) in [4.78, 5) is 34.6. The van der Waals surface area contributed by atoms with Crippen LogP contribution in [0.1, 0.15) is 68.3 Å². The van der Waals surface area contributed by atoms with Gasteiger partial charge in [0.15, 0.2) is 11.5 Å². The Bertz CT molecular complexity index is 1300. The van der Waals surface area contributed by atoms with Crippen LogP contribution in [0.2, 0.25) is 0 Å². The van der Waals surface area contributed by atoms with Crippen LogP contribution in [0, 0.1) is 0 Å². The molecule has 6 rings (SSSR count). The lowest BCUT2D eigenvalue weighted by molar-refractivity contribution is -0.158. The monoisotopic (exact) mass is 487 g/mol. The molecule has 36 heavy (non-hydrogen) atoms. The summed E-state index contributed by atoms with van der Waals surface area (Å²) in [5, 5.41) is 1.12. The highest BCUT2D eigenvalue weighted by Crippen LogP contribution is 2.44. The fraction of sp³-hybridized carbons (Fsp3) is 0.448. The van der Waals surface area contributed by atoms with Crippen molar-refractivity contribution in [2.24, 2.45) is 0 Å². The maximum atomic E-state index is 13.8. The summed E-state index contributed by atoms with van der Waals surface area (Å²) in [5.74, 6) is 1.43. The number of benzene rings is 2. The number of hydrogen-bond donors (Lipinski definition) is 1. The van der Waals surface area contributed by atoms with Crippen molar-refractivity contribution in [3.8, 4) is 11.5 Å². The zero-order valence-corrected chi connectivity index (χ0v) is 20.8. The zero-order valence-electron chi connectivity index (χ0n) is 20.8. The van der Waals surface area contributed by atoms with Gasteiger partial charge in [-0.3, -0.25) is 9.59 Å². The first-order valence-electron chi connectivity index (χ1n) is 13.2. The minimum absolute atomic E-state index is 0.00226. The molecule has 0 bridgehead atoms. The number of unbranched alkanes of at least 4 members (excludes halogenated alkanes) is 5. The smallest absolute Gasteiger partial charge is 0.246 e. The summed E-state index contributed by atoms with van der Waals surface area (Å²) in [5.41, 5.74) is 4.05. The van der Waals surface area contributed by atoms with Crippen LogP contribution in [0.4, 0.5) is 0 Å². The van der Waals surface area contributed by atoms with E-state index in [9.17, 15) is 9.59 Å². The highest BCUT2D eigenvalue weighted by atomic mass is 16.7. The molecule has 1 N–H and O–H groups in total. The fourth-order valence-electron chi connectivity index (χ4n) is 6.03. The lowest BCUT2D eigenvalue weighted by Crippen LogP contribution is -2.63. The predicted octanol–water partition coefficient (Wildman–Crippen LogP) is 4.94. The van der Waals surface area contributed by atoms with Gasteiger partial charge < -0.3 is 24.3 Å². The zero-order chi connectivity index (χ0) is 24.6. The van der Waals surface area contributed by atoms with E-state index in [1.54, 1.807) is 4.90 Å². The summed E-state index contributed by atoms with van der Waals surface area (Å²) < 4.78 is 11.2. The van der Waals surface area contributed by atoms with E-state index in [-0.39, 0.29) is 31.2 Å². The van der Waals surface area contributed by atoms with Gasteiger partial charge in [0.05, 0.1) is 12.6 Å². The molecule has 3 aliphatic rings. The van der Waals surface area contributed by atoms with Gasteiger partial charge in [0.2, 0.25) is 18.6 Å². The Morgan fingerprint density at radius 3 is 2.67 bits per heavy atom. The molecule has 188 valence electrons. The average molecular weight is 488 g/mol. The highest BCUT2D eigenvalue weighted by molar-refractivity contribution is 5.97. The first kappa shape index (κ1) is 23.0. The lowest BCUT2D eigenvalue weighted by atomic mass is 9.86. The quantitative estimate of drug-likeness (QED) is 0.457. The van der Waals surface area contributed by atoms with E-state index in [0.717, 1.165) is 40.6 Å². The van der Waals surface area contributed by atoms with Gasteiger partial charge in [-0.15, -0.1) is 0 Å². The minimum Gasteiger partial charge on any atom is -0.454 e. The second-order valence-electron chi connectivity index (χ2n) is 10.1. The number of H-pyrrole nitrogens is 1. The van der Waals surface area contributed by atoms with Crippen LogP contribution in [0.15, 0.2) is 42.5 Å². The van der Waals surface area contributed by atoms with Gasteiger partial charge in [-0.05, 0) is 35.7 Å². The molecule has 3 aromatic rings. The number of rotatable bonds is 8. The number of hydrogen-bond acceptors (Lipinski definition) is 4. The first-order valence-corrected chi connectivity index (χ1v) is 13.2. The average Bonchev–Trinajstić information content (AvgIpc) is 3.51. The number of amides is 2. The molecule has 4 heterocycles. The maximum Gasteiger partial charge on any atom is 0.246 e. The van der Waals surface area contributed by atoms with Crippen molar-refractivity contribution in [3.05, 3.63) is 59.3 Å². The lowest BCUT2D eigenvalue weighted by Gasteiger charge is -2.47. The molecular weight excluding hydrogens is 454 g/mol. The van der Waals surface area contributed by atoms with Gasteiger partial charge in [0.1, 0.15) is 6.04 Å². The molecule has 0 radical (unpaired) electrons. The van der Waals surface area contributed by atoms with Gasteiger partial charge >= 0.3 is 0 Å². The number of fused-ring (bicyclic) bond motifs is 5. The molecule has 2 aromatic carbocycles. The molecular formula is C29H33N3O4. The van der Waals surface area contributed by atoms with Gasteiger partial charge in [-0.2, -0.15) is 0 Å². The van der Waals surface area contributed by atoms with Gasteiger partial charge in [-0.25, -0.2) is 0 Å². The molecule has 0 spiro atoms. The van der Waals surface area contributed by atoms with E-state index in [1.807, 2.05) is 35.2 Å². The molecule has 7 heteroatoms. The highest BCUT2D eigenvalue weighted by Gasteiger charge is 2.48. The van der Waals surface area contributed by atoms with Crippen LogP contribution >= 0.6 is 0 Å². The van der Waals surface area contributed by atoms with Crippen LogP contribution in [0.25, 0.3) is 10.9 Å². The van der Waals surface area contributed by atoms with Crippen LogP contribution in [-0.4, -0.2) is 52.5 Å². The topological polar surface area (TPSA) is 74.9 Å². The fourth-order valence-corrected chi connectivity index (χ4v) is 6.03. The van der Waals surface area contributed by atoms with Crippen LogP contribution in [0.5, 0.6) is 11.5 Å². The number of carbonyl (C=O) groups is 2. The van der Waals surface area contributed by atoms with Gasteiger partial charge in [0, 0.05) is 29.6 Å². The van der Waals surface area contributed by atoms with Crippen molar-refractivity contribution in [1.29, 1.82) is 0 Å². The number of nitrogens with one attached hydrogen (secondary N) is 1. The molecule has 1 saturated heterocycles. The number of piperazine rings is 1. The maximum absolute atomic E-state index is 13.8. The van der Waals surface area contributed by atoms with E-state index in [2.05, 4.69) is 24.0 Å². The number of para-hydroxylation sites is 1. The predicted molar refractivity (Wildman–Crippen MR) is 137 cm³/mol. The first-order chi connectivity index (χ1) is 17.7. The number of nitrogens with zero attached hydrogens (tertiary/aromatic N) is 2. The van der Waals surface area contributed by atoms with E-state index in [0.29, 0.717) is 24.5 Å². The number of aromatic amines is 1. The number of carbonyl (C=O) groups excluding carboxylic acids is 2. The second kappa shape index (κ2) is 9.52. The normalized spacial score (nSPS) is 20.7. The SMILES string of the molecule is CCCCCCCCN1CC(=O)N2C(Cc3c([nH]c4ccccc34)C2c2ccc3c(c2)OCO3)C1=O. The Kier molecular flexibility index (Phi) is 6.07. The summed E-state index contributed by atoms with van der Waals surface area (Å²) in [6, 6.07) is 13.1. The Hall–Kier alpha value is -3.48. The van der Waals surface area contributed by atoms with Crippen LogP contribution < -0.4 is 9.47 Å². The van der Waals surface area contributed by atoms with E-state index in [1.165, 1.54) is 25.7 Å². The Balaban J connectivity index is 1.33. The molecule has 2 unspecified atom stereocenters. The van der Waals surface area contributed by atoms with E-state index < -0.39 is 6.04 Å². The molecule has 0 aliphatic carbocycles. The third-order valence-corrected chi connectivity index (χ3v) is 7.84. The molecule has 3 aliphatic heterocycles. The summed E-state index contributed by atoms with van der Waals surface area (Å²) in [6.07, 6.45) is 7.46. The van der Waals surface area contributed by atoms with Crippen molar-refractivity contribution in [2.45, 2.75) is 64.0 Å². The summed E-state index contributed by atoms with van der Waals surface area (Å²) in [6.45, 7) is 3.19. The van der Waals surface area contributed by atoms with Crippen molar-refractivity contribution in [3.63, 3.8) is 0 Å². The molecule has 0 saturated carbocycles. The van der Waals surface area contributed by atoms with Gasteiger partial charge in [-0.1, -0.05) is 63.3 Å². The summed E-state index contributed by atoms with van der Waals surface area (Å²) >= 11 is 0. The van der Waals surface area contributed by atoms with Crippen molar-refractivity contribution >= 4 is 22.7 Å². The molecule has 1 fully saturated rings. The van der Waals surface area contributed by atoms with Crippen molar-refractivity contribution in [1.82, 2.24) is 14.8 Å². The van der Waals surface area contributed by atoms with Crippen molar-refractivity contribution in [2.75, 3.05) is 19.9 Å². The van der Waals surface area contributed by atoms with Crippen LogP contribution in [-0.2, 0) is 16.0 Å². The summed E-state index contributed by atoms with van der Waals surface area (Å²) in [7, 11) is 0.